The number of aromatic nitrogens is 3. The Morgan fingerprint density at radius 3 is 1.53 bits per heavy atom. The Labute approximate surface area is 97.1 Å². The number of nitrogens with zero attached hydrogens (tertiary/aromatic N) is 3. The zero-order valence-corrected chi connectivity index (χ0v) is 9.34. The predicted octanol–water partition coefficient (Wildman–Crippen LogP) is -1.54. The van der Waals surface area contributed by atoms with Crippen LogP contribution in [-0.4, -0.2) is 13.7 Å². The van der Waals surface area contributed by atoms with E-state index in [1.165, 1.54) is 0 Å². The van der Waals surface area contributed by atoms with Gasteiger partial charge >= 0.3 is 17.1 Å². The first-order valence-corrected chi connectivity index (χ1v) is 4.89. The predicted molar refractivity (Wildman–Crippen MR) is 62.6 cm³/mol. The van der Waals surface area contributed by atoms with Crippen molar-refractivity contribution >= 4 is 0 Å². The van der Waals surface area contributed by atoms with Gasteiger partial charge in [0.15, 0.2) is 0 Å². The van der Waals surface area contributed by atoms with Crippen molar-refractivity contribution in [1.29, 1.82) is 0 Å². The van der Waals surface area contributed by atoms with E-state index in [4.69, 9.17) is 12.8 Å². The van der Waals surface area contributed by atoms with Crippen LogP contribution >= 0.6 is 0 Å². The summed E-state index contributed by atoms with van der Waals surface area (Å²) in [6.07, 6.45) is 10.1. The fraction of sp³-hybridized carbons (Fsp3) is 0.364. The molecule has 0 unspecified atom stereocenters. The Morgan fingerprint density at radius 1 is 0.882 bits per heavy atom. The lowest BCUT2D eigenvalue weighted by Crippen LogP contribution is -2.54. The van der Waals surface area contributed by atoms with Crippen molar-refractivity contribution in [1.82, 2.24) is 13.7 Å². The van der Waals surface area contributed by atoms with E-state index in [-0.39, 0.29) is 19.6 Å². The maximum Gasteiger partial charge on any atom is 0.338 e. The van der Waals surface area contributed by atoms with Crippen LogP contribution in [0.3, 0.4) is 0 Å². The summed E-state index contributed by atoms with van der Waals surface area (Å²) < 4.78 is 2.53. The Kier molecular flexibility index (Phi) is 3.74. The molecule has 0 aliphatic rings. The van der Waals surface area contributed by atoms with Gasteiger partial charge in [0.25, 0.3) is 0 Å². The summed E-state index contributed by atoms with van der Waals surface area (Å²) in [5.41, 5.74) is -2.21. The molecule has 17 heavy (non-hydrogen) atoms. The van der Waals surface area contributed by atoms with Gasteiger partial charge in [-0.3, -0.25) is 0 Å². The summed E-state index contributed by atoms with van der Waals surface area (Å²) in [4.78, 5) is 35.3. The molecule has 0 aliphatic heterocycles. The van der Waals surface area contributed by atoms with E-state index in [2.05, 4.69) is 11.8 Å². The molecule has 1 heterocycles. The zero-order valence-electron chi connectivity index (χ0n) is 9.34. The van der Waals surface area contributed by atoms with Crippen molar-refractivity contribution in [3.05, 3.63) is 31.5 Å². The van der Waals surface area contributed by atoms with Gasteiger partial charge in [0.05, 0.1) is 13.1 Å². The van der Waals surface area contributed by atoms with Crippen molar-refractivity contribution in [2.75, 3.05) is 0 Å². The van der Waals surface area contributed by atoms with Crippen LogP contribution in [0.1, 0.15) is 6.92 Å². The molecule has 0 N–H and O–H groups in total. The molecule has 0 bridgehead atoms. The molecule has 0 spiro atoms. The minimum absolute atomic E-state index is 0.146. The first-order chi connectivity index (χ1) is 8.08. The highest BCUT2D eigenvalue weighted by atomic mass is 16.2. The summed E-state index contributed by atoms with van der Waals surface area (Å²) in [6.45, 7) is 1.38. The second kappa shape index (κ2) is 5.04. The van der Waals surface area contributed by atoms with Crippen molar-refractivity contribution in [3.8, 4) is 24.7 Å². The topological polar surface area (TPSA) is 66.0 Å². The van der Waals surface area contributed by atoms with Crippen LogP contribution in [0.25, 0.3) is 0 Å². The third kappa shape index (κ3) is 2.06. The Morgan fingerprint density at radius 2 is 1.24 bits per heavy atom. The van der Waals surface area contributed by atoms with Crippen LogP contribution in [0.5, 0.6) is 0 Å². The Bertz CT molecular complexity index is 622. The summed E-state index contributed by atoms with van der Waals surface area (Å²) in [5, 5.41) is 0. The van der Waals surface area contributed by atoms with E-state index >= 15 is 0 Å². The van der Waals surface area contributed by atoms with Gasteiger partial charge in [-0.25, -0.2) is 28.1 Å². The second-order valence-corrected chi connectivity index (χ2v) is 3.17. The standard InChI is InChI=1S/C11H11N3O3/c1-4-7-13-9(15)12(6-3)10(16)14(8-5-2)11(13)17/h1-2H,6-8H2,3H3. The van der Waals surface area contributed by atoms with Crippen LogP contribution < -0.4 is 17.1 Å². The monoisotopic (exact) mass is 233 g/mol. The third-order valence-corrected chi connectivity index (χ3v) is 2.20. The SMILES string of the molecule is C#CCn1c(=O)n(CC)c(=O)n(CC#C)c1=O. The van der Waals surface area contributed by atoms with E-state index in [0.717, 1.165) is 13.7 Å². The van der Waals surface area contributed by atoms with Gasteiger partial charge < -0.3 is 0 Å². The van der Waals surface area contributed by atoms with E-state index in [1.54, 1.807) is 6.92 Å². The molecule has 0 aliphatic carbocycles. The van der Waals surface area contributed by atoms with E-state index in [0.29, 0.717) is 0 Å². The fourth-order valence-electron chi connectivity index (χ4n) is 1.41. The lowest BCUT2D eigenvalue weighted by molar-refractivity contribution is 0.496. The van der Waals surface area contributed by atoms with E-state index < -0.39 is 17.1 Å². The van der Waals surface area contributed by atoms with Crippen molar-refractivity contribution < 1.29 is 0 Å². The van der Waals surface area contributed by atoms with Gasteiger partial charge in [0, 0.05) is 6.54 Å². The van der Waals surface area contributed by atoms with Gasteiger partial charge in [-0.1, -0.05) is 11.8 Å². The first-order valence-electron chi connectivity index (χ1n) is 4.89. The number of rotatable bonds is 3. The molecule has 6 heteroatoms. The summed E-state index contributed by atoms with van der Waals surface area (Å²) in [6, 6.07) is 0. The van der Waals surface area contributed by atoms with Crippen LogP contribution in [0.4, 0.5) is 0 Å². The lowest BCUT2D eigenvalue weighted by atomic mass is 10.6. The average Bonchev–Trinajstić information content (AvgIpc) is 2.31. The molecular formula is C11H11N3O3. The summed E-state index contributed by atoms with van der Waals surface area (Å²) in [7, 11) is 0. The first kappa shape index (κ1) is 12.6. The van der Waals surface area contributed by atoms with Crippen LogP contribution in [-0.2, 0) is 19.6 Å². The zero-order chi connectivity index (χ0) is 13.0. The Balaban J connectivity index is 3.79. The second-order valence-electron chi connectivity index (χ2n) is 3.17. The van der Waals surface area contributed by atoms with Crippen LogP contribution in [0.2, 0.25) is 0 Å². The molecule has 0 saturated heterocycles. The molecule has 6 nitrogen and oxygen atoms in total. The highest BCUT2D eigenvalue weighted by Crippen LogP contribution is 1.75. The highest BCUT2D eigenvalue weighted by molar-refractivity contribution is 4.91. The molecule has 0 atom stereocenters. The van der Waals surface area contributed by atoms with Gasteiger partial charge in [-0.05, 0) is 6.92 Å². The molecule has 0 fully saturated rings. The molecular weight excluding hydrogens is 222 g/mol. The van der Waals surface area contributed by atoms with Gasteiger partial charge in [0.1, 0.15) is 0 Å². The number of hydrogen-bond acceptors (Lipinski definition) is 3. The molecule has 1 aromatic rings. The van der Waals surface area contributed by atoms with E-state index in [1.807, 2.05) is 0 Å². The number of hydrogen-bond donors (Lipinski definition) is 0. The highest BCUT2D eigenvalue weighted by Gasteiger charge is 2.12. The Hall–Kier alpha value is -2.47. The van der Waals surface area contributed by atoms with Gasteiger partial charge in [-0.2, -0.15) is 0 Å². The molecule has 1 aromatic heterocycles. The van der Waals surface area contributed by atoms with Crippen LogP contribution in [0, 0.1) is 24.7 Å². The van der Waals surface area contributed by atoms with E-state index in [9.17, 15) is 14.4 Å². The van der Waals surface area contributed by atoms with Gasteiger partial charge in [-0.15, -0.1) is 12.8 Å². The summed E-state index contributed by atoms with van der Waals surface area (Å²) >= 11 is 0. The molecule has 0 radical (unpaired) electrons. The molecule has 0 amide bonds. The molecule has 0 aromatic carbocycles. The minimum atomic E-state index is -0.777. The van der Waals surface area contributed by atoms with Gasteiger partial charge in [0.2, 0.25) is 0 Å². The van der Waals surface area contributed by atoms with Crippen molar-refractivity contribution in [3.63, 3.8) is 0 Å². The normalized spacial score (nSPS) is 9.59. The minimum Gasteiger partial charge on any atom is -0.247 e. The maximum atomic E-state index is 11.8. The average molecular weight is 233 g/mol. The maximum absolute atomic E-state index is 11.8. The smallest absolute Gasteiger partial charge is 0.247 e. The quantitative estimate of drug-likeness (QED) is 0.594. The largest absolute Gasteiger partial charge is 0.338 e. The number of terminal acetylenes is 2. The van der Waals surface area contributed by atoms with Crippen molar-refractivity contribution in [2.45, 2.75) is 26.6 Å². The third-order valence-electron chi connectivity index (χ3n) is 2.20. The fourth-order valence-corrected chi connectivity index (χ4v) is 1.41. The molecule has 1 rings (SSSR count). The van der Waals surface area contributed by atoms with Crippen LogP contribution in [0.15, 0.2) is 14.4 Å². The summed E-state index contributed by atoms with van der Waals surface area (Å²) in [5.74, 6) is 4.38. The molecule has 88 valence electrons. The molecule has 0 saturated carbocycles. The lowest BCUT2D eigenvalue weighted by Gasteiger charge is -2.09. The van der Waals surface area contributed by atoms with Crippen molar-refractivity contribution in [2.24, 2.45) is 0 Å².